The molecule has 2 aliphatic heterocycles. The van der Waals surface area contributed by atoms with Crippen molar-refractivity contribution < 1.29 is 0 Å². The van der Waals surface area contributed by atoms with E-state index >= 15 is 0 Å². The lowest BCUT2D eigenvalue weighted by molar-refractivity contribution is 0.179. The summed E-state index contributed by atoms with van der Waals surface area (Å²) in [5, 5.41) is 12.7. The lowest BCUT2D eigenvalue weighted by atomic mass is 9.80. The Balaban J connectivity index is 2.10. The van der Waals surface area contributed by atoms with Crippen molar-refractivity contribution >= 4 is 0 Å². The third-order valence-corrected chi connectivity index (χ3v) is 3.55. The molecule has 3 atom stereocenters. The van der Waals surface area contributed by atoms with Crippen LogP contribution in [0.2, 0.25) is 0 Å². The highest BCUT2D eigenvalue weighted by atomic mass is 15.2. The van der Waals surface area contributed by atoms with Gasteiger partial charge in [-0.2, -0.15) is 5.26 Å². The lowest BCUT2D eigenvalue weighted by Crippen LogP contribution is -2.55. The van der Waals surface area contributed by atoms with Crippen LogP contribution >= 0.6 is 0 Å². The normalized spacial score (nSPS) is 40.5. The van der Waals surface area contributed by atoms with Crippen LogP contribution in [-0.4, -0.2) is 36.6 Å². The molecule has 14 heavy (non-hydrogen) atoms. The van der Waals surface area contributed by atoms with Gasteiger partial charge in [-0.1, -0.05) is 6.08 Å². The molecular weight excluding hydrogens is 174 g/mol. The Hall–Kier alpha value is -0.850. The molecular formula is C11H17N3. The van der Waals surface area contributed by atoms with Gasteiger partial charge in [-0.25, -0.2) is 0 Å². The molecule has 0 radical (unpaired) electrons. The van der Waals surface area contributed by atoms with Gasteiger partial charge in [-0.3, -0.25) is 5.32 Å². The SMILES string of the molecule is C=CCNC1(C#N)CCN2CCC1C2. The second-order valence-corrected chi connectivity index (χ2v) is 4.29. The van der Waals surface area contributed by atoms with Crippen LogP contribution in [0.15, 0.2) is 12.7 Å². The number of nitrogens with zero attached hydrogens (tertiary/aromatic N) is 2. The highest BCUT2D eigenvalue weighted by Gasteiger charge is 2.45. The van der Waals surface area contributed by atoms with Crippen molar-refractivity contribution in [1.82, 2.24) is 10.2 Å². The molecule has 0 aliphatic carbocycles. The zero-order chi connectivity index (χ0) is 10.0. The van der Waals surface area contributed by atoms with E-state index in [1.54, 1.807) is 0 Å². The van der Waals surface area contributed by atoms with E-state index in [-0.39, 0.29) is 5.54 Å². The minimum atomic E-state index is -0.277. The third-order valence-electron chi connectivity index (χ3n) is 3.55. The second-order valence-electron chi connectivity index (χ2n) is 4.29. The van der Waals surface area contributed by atoms with Crippen molar-refractivity contribution in [2.45, 2.75) is 18.4 Å². The van der Waals surface area contributed by atoms with Crippen molar-refractivity contribution in [2.24, 2.45) is 5.92 Å². The summed E-state index contributed by atoms with van der Waals surface area (Å²) in [5.74, 6) is 0.515. The Morgan fingerprint density at radius 1 is 1.64 bits per heavy atom. The first kappa shape index (κ1) is 9.70. The Kier molecular flexibility index (Phi) is 2.58. The first-order valence-corrected chi connectivity index (χ1v) is 5.30. The van der Waals surface area contributed by atoms with Gasteiger partial charge in [-0.05, 0) is 19.4 Å². The molecule has 2 bridgehead atoms. The summed E-state index contributed by atoms with van der Waals surface area (Å²) < 4.78 is 0. The van der Waals surface area contributed by atoms with Crippen molar-refractivity contribution in [3.8, 4) is 6.07 Å². The molecule has 0 aromatic carbocycles. The van der Waals surface area contributed by atoms with Gasteiger partial charge in [0.2, 0.25) is 0 Å². The van der Waals surface area contributed by atoms with Crippen LogP contribution in [0.4, 0.5) is 0 Å². The summed E-state index contributed by atoms with van der Waals surface area (Å²) >= 11 is 0. The topological polar surface area (TPSA) is 39.1 Å². The van der Waals surface area contributed by atoms with Crippen LogP contribution in [-0.2, 0) is 0 Å². The number of hydrogen-bond acceptors (Lipinski definition) is 3. The molecule has 3 heteroatoms. The average molecular weight is 191 g/mol. The molecule has 2 heterocycles. The van der Waals surface area contributed by atoms with Crippen molar-refractivity contribution in [2.75, 3.05) is 26.2 Å². The minimum absolute atomic E-state index is 0.277. The van der Waals surface area contributed by atoms with E-state index in [1.807, 2.05) is 6.08 Å². The van der Waals surface area contributed by atoms with E-state index < -0.39 is 0 Å². The second kappa shape index (κ2) is 3.72. The predicted molar refractivity (Wildman–Crippen MR) is 55.7 cm³/mol. The largest absolute Gasteiger partial charge is 0.303 e. The molecule has 3 unspecified atom stereocenters. The molecule has 2 saturated heterocycles. The van der Waals surface area contributed by atoms with E-state index in [4.69, 9.17) is 0 Å². The Morgan fingerprint density at radius 3 is 3.21 bits per heavy atom. The number of hydrogen-bond donors (Lipinski definition) is 1. The Morgan fingerprint density at radius 2 is 2.50 bits per heavy atom. The first-order valence-electron chi connectivity index (χ1n) is 5.30. The molecule has 0 amide bonds. The van der Waals surface area contributed by atoms with Crippen LogP contribution in [0.25, 0.3) is 0 Å². The number of piperidine rings is 1. The fourth-order valence-corrected chi connectivity index (χ4v) is 2.65. The van der Waals surface area contributed by atoms with Gasteiger partial charge < -0.3 is 4.90 Å². The Bertz CT molecular complexity index is 268. The van der Waals surface area contributed by atoms with Crippen molar-refractivity contribution in [3.63, 3.8) is 0 Å². The number of rotatable bonds is 3. The first-order chi connectivity index (χ1) is 6.80. The maximum Gasteiger partial charge on any atom is 0.112 e. The molecule has 3 nitrogen and oxygen atoms in total. The molecule has 1 N–H and O–H groups in total. The fraction of sp³-hybridized carbons (Fsp3) is 0.727. The minimum Gasteiger partial charge on any atom is -0.303 e. The predicted octanol–water partition coefficient (Wildman–Crippen LogP) is 0.750. The third kappa shape index (κ3) is 1.45. The Labute approximate surface area is 85.4 Å². The van der Waals surface area contributed by atoms with Gasteiger partial charge >= 0.3 is 0 Å². The summed E-state index contributed by atoms with van der Waals surface area (Å²) in [6.07, 6.45) is 3.96. The summed E-state index contributed by atoms with van der Waals surface area (Å²) in [6.45, 7) is 7.76. The fourth-order valence-electron chi connectivity index (χ4n) is 2.65. The van der Waals surface area contributed by atoms with Crippen LogP contribution in [0.1, 0.15) is 12.8 Å². The molecule has 2 rings (SSSR count). The number of nitrogens with one attached hydrogen (secondary N) is 1. The maximum absolute atomic E-state index is 9.32. The standard InChI is InChI=1S/C11H17N3/c1-2-5-13-11(9-12)4-7-14-6-3-10(11)8-14/h2,10,13H,1,3-8H2. The average Bonchev–Trinajstić information content (AvgIpc) is 2.63. The zero-order valence-electron chi connectivity index (χ0n) is 8.50. The van der Waals surface area contributed by atoms with Gasteiger partial charge in [0.1, 0.15) is 5.54 Å². The molecule has 0 spiro atoms. The van der Waals surface area contributed by atoms with Crippen LogP contribution < -0.4 is 5.32 Å². The van der Waals surface area contributed by atoms with E-state index in [0.717, 1.165) is 32.5 Å². The van der Waals surface area contributed by atoms with E-state index in [9.17, 15) is 5.26 Å². The molecule has 0 saturated carbocycles. The summed E-state index contributed by atoms with van der Waals surface area (Å²) in [4.78, 5) is 2.45. The van der Waals surface area contributed by atoms with Gasteiger partial charge in [0.15, 0.2) is 0 Å². The highest BCUT2D eigenvalue weighted by Crippen LogP contribution is 2.34. The van der Waals surface area contributed by atoms with Crippen LogP contribution in [0.3, 0.4) is 0 Å². The smallest absolute Gasteiger partial charge is 0.112 e. The van der Waals surface area contributed by atoms with Crippen LogP contribution in [0, 0.1) is 17.2 Å². The number of nitriles is 1. The molecule has 2 fully saturated rings. The van der Waals surface area contributed by atoms with E-state index in [1.165, 1.54) is 6.54 Å². The van der Waals surface area contributed by atoms with Gasteiger partial charge in [0.05, 0.1) is 6.07 Å². The molecule has 0 aromatic heterocycles. The van der Waals surface area contributed by atoms with E-state index in [0.29, 0.717) is 5.92 Å². The van der Waals surface area contributed by atoms with E-state index in [2.05, 4.69) is 22.9 Å². The van der Waals surface area contributed by atoms with Crippen molar-refractivity contribution in [3.05, 3.63) is 12.7 Å². The molecule has 2 aliphatic rings. The summed E-state index contributed by atoms with van der Waals surface area (Å²) in [7, 11) is 0. The van der Waals surface area contributed by atoms with Gasteiger partial charge in [0, 0.05) is 25.6 Å². The van der Waals surface area contributed by atoms with Crippen LogP contribution in [0.5, 0.6) is 0 Å². The number of fused-ring (bicyclic) bond motifs is 2. The molecule has 76 valence electrons. The summed E-state index contributed by atoms with van der Waals surface area (Å²) in [6, 6.07) is 2.49. The summed E-state index contributed by atoms with van der Waals surface area (Å²) in [5.41, 5.74) is -0.277. The monoisotopic (exact) mass is 191 g/mol. The van der Waals surface area contributed by atoms with Crippen molar-refractivity contribution in [1.29, 1.82) is 5.26 Å². The maximum atomic E-state index is 9.32. The lowest BCUT2D eigenvalue weighted by Gasteiger charge is -2.38. The highest BCUT2D eigenvalue weighted by molar-refractivity contribution is 5.16. The van der Waals surface area contributed by atoms with Gasteiger partial charge in [-0.15, -0.1) is 6.58 Å². The zero-order valence-corrected chi connectivity index (χ0v) is 8.50. The quantitative estimate of drug-likeness (QED) is 0.669. The molecule has 0 aromatic rings. The van der Waals surface area contributed by atoms with Gasteiger partial charge in [0.25, 0.3) is 0 Å².